The molecule has 0 spiro atoms. The van der Waals surface area contributed by atoms with Crippen LogP contribution >= 0.6 is 11.3 Å². The smallest absolute Gasteiger partial charge is 0.0587 e. The standard InChI is InChI=1S/C12H19NOS/c1-2-8-14-11(4-1)6-7-13-10-12-5-3-9-15-12/h3,5,9,11,13H,1-2,4,6-8,10H2. The lowest BCUT2D eigenvalue weighted by Crippen LogP contribution is -2.24. The van der Waals surface area contributed by atoms with Gasteiger partial charge in [-0.25, -0.2) is 0 Å². The zero-order valence-electron chi connectivity index (χ0n) is 9.08. The highest BCUT2D eigenvalue weighted by atomic mass is 32.1. The van der Waals surface area contributed by atoms with Crippen LogP contribution in [0.4, 0.5) is 0 Å². The minimum Gasteiger partial charge on any atom is -0.378 e. The molecule has 2 nitrogen and oxygen atoms in total. The first kappa shape index (κ1) is 11.1. The highest BCUT2D eigenvalue weighted by Gasteiger charge is 2.12. The lowest BCUT2D eigenvalue weighted by atomic mass is 10.1. The predicted molar refractivity (Wildman–Crippen MR) is 64.2 cm³/mol. The van der Waals surface area contributed by atoms with Crippen LogP contribution in [0.5, 0.6) is 0 Å². The van der Waals surface area contributed by atoms with Crippen molar-refractivity contribution in [2.24, 2.45) is 0 Å². The van der Waals surface area contributed by atoms with Crippen molar-refractivity contribution in [2.45, 2.75) is 38.3 Å². The Morgan fingerprint density at radius 2 is 2.47 bits per heavy atom. The Balaban J connectivity index is 1.54. The summed E-state index contributed by atoms with van der Waals surface area (Å²) < 4.78 is 5.68. The number of hydrogen-bond donors (Lipinski definition) is 1. The molecule has 0 aliphatic carbocycles. The fourth-order valence-electron chi connectivity index (χ4n) is 1.92. The molecule has 84 valence electrons. The molecule has 1 N–H and O–H groups in total. The van der Waals surface area contributed by atoms with Gasteiger partial charge in [0, 0.05) is 18.0 Å². The molecule has 1 fully saturated rings. The van der Waals surface area contributed by atoms with Gasteiger partial charge in [0.05, 0.1) is 6.10 Å². The summed E-state index contributed by atoms with van der Waals surface area (Å²) >= 11 is 1.82. The van der Waals surface area contributed by atoms with Crippen LogP contribution in [0.3, 0.4) is 0 Å². The van der Waals surface area contributed by atoms with E-state index in [4.69, 9.17) is 4.74 Å². The van der Waals surface area contributed by atoms with Gasteiger partial charge in [0.2, 0.25) is 0 Å². The SMILES string of the molecule is c1csc(CNCCC2CCCCO2)c1. The Hall–Kier alpha value is -0.380. The first-order valence-corrected chi connectivity index (χ1v) is 6.68. The number of thiophene rings is 1. The molecule has 0 amide bonds. The summed E-state index contributed by atoms with van der Waals surface area (Å²) in [5.41, 5.74) is 0. The van der Waals surface area contributed by atoms with Crippen molar-refractivity contribution < 1.29 is 4.74 Å². The molecule has 1 unspecified atom stereocenters. The predicted octanol–water partition coefficient (Wildman–Crippen LogP) is 2.80. The van der Waals surface area contributed by atoms with Crippen LogP contribution in [0.25, 0.3) is 0 Å². The van der Waals surface area contributed by atoms with Crippen molar-refractivity contribution in [2.75, 3.05) is 13.2 Å². The molecular formula is C12H19NOS. The normalized spacial score (nSPS) is 21.7. The van der Waals surface area contributed by atoms with Crippen molar-refractivity contribution in [3.63, 3.8) is 0 Å². The van der Waals surface area contributed by atoms with Crippen LogP contribution in [0.1, 0.15) is 30.6 Å². The van der Waals surface area contributed by atoms with E-state index >= 15 is 0 Å². The van der Waals surface area contributed by atoms with Crippen molar-refractivity contribution in [1.29, 1.82) is 0 Å². The average Bonchev–Trinajstić information content (AvgIpc) is 2.79. The minimum absolute atomic E-state index is 0.509. The van der Waals surface area contributed by atoms with E-state index in [-0.39, 0.29) is 0 Å². The number of ether oxygens (including phenoxy) is 1. The maximum absolute atomic E-state index is 5.68. The number of rotatable bonds is 5. The summed E-state index contributed by atoms with van der Waals surface area (Å²) in [6, 6.07) is 4.28. The molecule has 1 aromatic rings. The zero-order valence-corrected chi connectivity index (χ0v) is 9.89. The van der Waals surface area contributed by atoms with E-state index in [0.717, 1.165) is 26.1 Å². The van der Waals surface area contributed by atoms with Crippen LogP contribution in [0, 0.1) is 0 Å². The lowest BCUT2D eigenvalue weighted by Gasteiger charge is -2.22. The maximum Gasteiger partial charge on any atom is 0.0587 e. The summed E-state index contributed by atoms with van der Waals surface area (Å²) in [7, 11) is 0. The second-order valence-corrected chi connectivity index (χ2v) is 5.07. The highest BCUT2D eigenvalue weighted by molar-refractivity contribution is 7.09. The Labute approximate surface area is 95.6 Å². The molecule has 0 aromatic carbocycles. The van der Waals surface area contributed by atoms with Crippen LogP contribution < -0.4 is 5.32 Å². The number of hydrogen-bond acceptors (Lipinski definition) is 3. The molecule has 0 bridgehead atoms. The summed E-state index contributed by atoms with van der Waals surface area (Å²) in [5, 5.41) is 5.59. The van der Waals surface area contributed by atoms with E-state index in [2.05, 4.69) is 22.8 Å². The van der Waals surface area contributed by atoms with Gasteiger partial charge in [-0.05, 0) is 43.7 Å². The van der Waals surface area contributed by atoms with Crippen LogP contribution in [-0.2, 0) is 11.3 Å². The molecule has 3 heteroatoms. The van der Waals surface area contributed by atoms with Crippen LogP contribution in [0.2, 0.25) is 0 Å². The van der Waals surface area contributed by atoms with E-state index in [9.17, 15) is 0 Å². The second kappa shape index (κ2) is 6.26. The topological polar surface area (TPSA) is 21.3 Å². The fraction of sp³-hybridized carbons (Fsp3) is 0.667. The van der Waals surface area contributed by atoms with Crippen molar-refractivity contribution >= 4 is 11.3 Å². The van der Waals surface area contributed by atoms with Gasteiger partial charge < -0.3 is 10.1 Å². The van der Waals surface area contributed by atoms with Gasteiger partial charge in [-0.1, -0.05) is 6.07 Å². The third-order valence-electron chi connectivity index (χ3n) is 2.80. The molecule has 1 aromatic heterocycles. The van der Waals surface area contributed by atoms with Gasteiger partial charge in [-0.15, -0.1) is 11.3 Å². The van der Waals surface area contributed by atoms with Crippen molar-refractivity contribution in [1.82, 2.24) is 5.32 Å². The third-order valence-corrected chi connectivity index (χ3v) is 3.67. The molecular weight excluding hydrogens is 206 g/mol. The molecule has 2 rings (SSSR count). The maximum atomic E-state index is 5.68. The zero-order chi connectivity index (χ0) is 10.3. The van der Waals surface area contributed by atoms with Gasteiger partial charge in [0.25, 0.3) is 0 Å². The lowest BCUT2D eigenvalue weighted by molar-refractivity contribution is 0.0115. The minimum atomic E-state index is 0.509. The first-order valence-electron chi connectivity index (χ1n) is 5.80. The number of nitrogens with one attached hydrogen (secondary N) is 1. The monoisotopic (exact) mass is 225 g/mol. The van der Waals surface area contributed by atoms with Gasteiger partial charge in [-0.3, -0.25) is 0 Å². The van der Waals surface area contributed by atoms with Crippen molar-refractivity contribution in [3.05, 3.63) is 22.4 Å². The van der Waals surface area contributed by atoms with E-state index in [1.807, 2.05) is 11.3 Å². The fourth-order valence-corrected chi connectivity index (χ4v) is 2.60. The summed E-state index contributed by atoms with van der Waals surface area (Å²) in [6.45, 7) is 3.04. The quantitative estimate of drug-likeness (QED) is 0.778. The second-order valence-electron chi connectivity index (χ2n) is 4.03. The van der Waals surface area contributed by atoms with Gasteiger partial charge >= 0.3 is 0 Å². The first-order chi connectivity index (χ1) is 7.45. The molecule has 1 aliphatic heterocycles. The molecule has 0 saturated carbocycles. The summed E-state index contributed by atoms with van der Waals surface area (Å²) in [4.78, 5) is 1.42. The summed E-state index contributed by atoms with van der Waals surface area (Å²) in [6.07, 6.45) is 5.51. The van der Waals surface area contributed by atoms with E-state index in [0.29, 0.717) is 6.10 Å². The van der Waals surface area contributed by atoms with E-state index < -0.39 is 0 Å². The Morgan fingerprint density at radius 1 is 1.47 bits per heavy atom. The Kier molecular flexibility index (Phi) is 4.64. The van der Waals surface area contributed by atoms with Crippen molar-refractivity contribution in [3.8, 4) is 0 Å². The molecule has 2 heterocycles. The molecule has 15 heavy (non-hydrogen) atoms. The Morgan fingerprint density at radius 3 is 3.20 bits per heavy atom. The van der Waals surface area contributed by atoms with E-state index in [1.54, 1.807) is 0 Å². The van der Waals surface area contributed by atoms with E-state index in [1.165, 1.54) is 24.1 Å². The molecule has 1 atom stereocenters. The van der Waals surface area contributed by atoms with Crippen LogP contribution in [0.15, 0.2) is 17.5 Å². The largest absolute Gasteiger partial charge is 0.378 e. The molecule has 1 saturated heterocycles. The van der Waals surface area contributed by atoms with Crippen LogP contribution in [-0.4, -0.2) is 19.3 Å². The molecule has 0 radical (unpaired) electrons. The van der Waals surface area contributed by atoms with Gasteiger partial charge in [-0.2, -0.15) is 0 Å². The highest BCUT2D eigenvalue weighted by Crippen LogP contribution is 2.15. The third kappa shape index (κ3) is 3.93. The van der Waals surface area contributed by atoms with Gasteiger partial charge in [0.1, 0.15) is 0 Å². The average molecular weight is 225 g/mol. The Bertz CT molecular complexity index is 255. The molecule has 1 aliphatic rings. The summed E-state index contributed by atoms with van der Waals surface area (Å²) in [5.74, 6) is 0. The van der Waals surface area contributed by atoms with Gasteiger partial charge in [0.15, 0.2) is 0 Å².